The molecule has 0 N–H and O–H groups in total. The average molecular weight is 661 g/mol. The summed E-state index contributed by atoms with van der Waals surface area (Å²) in [6.45, 7) is 0. The first-order chi connectivity index (χ1) is 25.3. The van der Waals surface area contributed by atoms with Gasteiger partial charge in [-0.05, 0) is 109 Å². The van der Waals surface area contributed by atoms with Crippen LogP contribution in [0.5, 0.6) is 0 Å². The highest BCUT2D eigenvalue weighted by atomic mass is 16.3. The number of aryl methyl sites for hydroxylation is 1. The Morgan fingerprint density at radius 1 is 0.608 bits per heavy atom. The number of benzene rings is 4. The zero-order valence-electron chi connectivity index (χ0n) is 28.8. The lowest BCUT2D eigenvalue weighted by molar-refractivity contribution is 0.548. The first-order valence-corrected chi connectivity index (χ1v) is 18.6. The molecule has 2 aromatic heterocycles. The molecule has 1 atom stereocenters. The second-order valence-electron chi connectivity index (χ2n) is 14.1. The highest BCUT2D eigenvalue weighted by Crippen LogP contribution is 2.42. The summed E-state index contributed by atoms with van der Waals surface area (Å²) in [5.41, 5.74) is 14.9. The molecule has 2 heterocycles. The summed E-state index contributed by atoms with van der Waals surface area (Å²) in [4.78, 5) is 2.47. The molecule has 1 unspecified atom stereocenters. The summed E-state index contributed by atoms with van der Waals surface area (Å²) in [6, 6.07) is 33.8. The number of fused-ring (bicyclic) bond motifs is 7. The summed E-state index contributed by atoms with van der Waals surface area (Å²) < 4.78 is 9.07. The van der Waals surface area contributed by atoms with Crippen molar-refractivity contribution >= 4 is 45.4 Å². The monoisotopic (exact) mass is 660 g/mol. The molecule has 4 aliphatic rings. The van der Waals surface area contributed by atoms with Crippen molar-refractivity contribution in [3.05, 3.63) is 173 Å². The van der Waals surface area contributed by atoms with Gasteiger partial charge in [0.2, 0.25) is 0 Å². The van der Waals surface area contributed by atoms with Crippen molar-refractivity contribution in [3.8, 4) is 16.8 Å². The Labute approximate surface area is 299 Å². The summed E-state index contributed by atoms with van der Waals surface area (Å²) in [5, 5.41) is 2.47. The van der Waals surface area contributed by atoms with Gasteiger partial charge in [-0.25, -0.2) is 0 Å². The van der Waals surface area contributed by atoms with Gasteiger partial charge < -0.3 is 13.9 Å². The number of allylic oxidation sites excluding steroid dienone is 8. The topological polar surface area (TPSA) is 21.3 Å². The van der Waals surface area contributed by atoms with Gasteiger partial charge >= 0.3 is 0 Å². The van der Waals surface area contributed by atoms with Gasteiger partial charge in [-0.1, -0.05) is 103 Å². The number of hydrogen-bond acceptors (Lipinski definition) is 2. The maximum atomic E-state index is 6.61. The van der Waals surface area contributed by atoms with Gasteiger partial charge in [0.05, 0.1) is 16.9 Å². The van der Waals surface area contributed by atoms with Crippen LogP contribution in [-0.2, 0) is 12.8 Å². The summed E-state index contributed by atoms with van der Waals surface area (Å²) in [5.74, 6) is 1.12. The number of nitrogens with zero attached hydrogens (tertiary/aromatic N) is 2. The Kier molecular flexibility index (Phi) is 7.37. The van der Waals surface area contributed by atoms with Gasteiger partial charge in [0.1, 0.15) is 11.3 Å². The Morgan fingerprint density at radius 3 is 2.10 bits per heavy atom. The first kappa shape index (κ1) is 30.1. The van der Waals surface area contributed by atoms with E-state index in [4.69, 9.17) is 4.42 Å². The largest absolute Gasteiger partial charge is 0.460 e. The zero-order valence-corrected chi connectivity index (χ0v) is 28.8. The SMILES string of the molecule is C1=CC(C2=CCC(N(c3ccccc3)c3ccc(-c4ccc(-n5c6c(c7c8oc9c(c8ccc75)C=CCC9)C=CCC6)cc4)cc3)C=C2)=CCC1. The van der Waals surface area contributed by atoms with Crippen LogP contribution < -0.4 is 4.90 Å². The Hall–Kier alpha value is -5.80. The van der Waals surface area contributed by atoms with Crippen LogP contribution >= 0.6 is 0 Å². The van der Waals surface area contributed by atoms with Crippen LogP contribution in [0.4, 0.5) is 11.4 Å². The molecule has 51 heavy (non-hydrogen) atoms. The summed E-state index contributed by atoms with van der Waals surface area (Å²) in [6.07, 6.45) is 30.5. The van der Waals surface area contributed by atoms with Gasteiger partial charge in [0.25, 0.3) is 0 Å². The second-order valence-corrected chi connectivity index (χ2v) is 14.1. The van der Waals surface area contributed by atoms with E-state index < -0.39 is 0 Å². The lowest BCUT2D eigenvalue weighted by Crippen LogP contribution is -2.30. The number of para-hydroxylation sites is 1. The van der Waals surface area contributed by atoms with Crippen LogP contribution in [0, 0.1) is 0 Å². The molecule has 6 aromatic rings. The fourth-order valence-corrected chi connectivity index (χ4v) is 8.58. The normalized spacial score (nSPS) is 17.8. The van der Waals surface area contributed by atoms with Crippen LogP contribution in [0.2, 0.25) is 0 Å². The predicted octanol–water partition coefficient (Wildman–Crippen LogP) is 12.6. The van der Waals surface area contributed by atoms with Crippen LogP contribution in [0.3, 0.4) is 0 Å². The third-order valence-electron chi connectivity index (χ3n) is 11.1. The Bertz CT molecular complexity index is 2480. The molecule has 0 saturated heterocycles. The van der Waals surface area contributed by atoms with Gasteiger partial charge in [-0.2, -0.15) is 0 Å². The number of hydrogen-bond donors (Lipinski definition) is 0. The molecule has 0 fully saturated rings. The van der Waals surface area contributed by atoms with Crippen LogP contribution in [0.15, 0.2) is 155 Å². The minimum Gasteiger partial charge on any atom is -0.460 e. The fraction of sp³-hybridized carbons (Fsp3) is 0.167. The minimum absolute atomic E-state index is 0.246. The van der Waals surface area contributed by atoms with E-state index in [1.54, 1.807) is 0 Å². The molecule has 248 valence electrons. The molecule has 3 nitrogen and oxygen atoms in total. The van der Waals surface area contributed by atoms with Gasteiger partial charge in [0.15, 0.2) is 0 Å². The van der Waals surface area contributed by atoms with Gasteiger partial charge in [-0.3, -0.25) is 0 Å². The van der Waals surface area contributed by atoms with E-state index in [1.807, 2.05) is 0 Å². The molecule has 4 aromatic carbocycles. The molecular weight excluding hydrogens is 621 g/mol. The van der Waals surface area contributed by atoms with Crippen molar-refractivity contribution in [1.82, 2.24) is 4.57 Å². The molecule has 0 spiro atoms. The molecule has 4 aliphatic carbocycles. The quantitative estimate of drug-likeness (QED) is 0.177. The van der Waals surface area contributed by atoms with Crippen molar-refractivity contribution in [2.75, 3.05) is 4.90 Å². The number of furan rings is 1. The predicted molar refractivity (Wildman–Crippen MR) is 214 cm³/mol. The van der Waals surface area contributed by atoms with Crippen molar-refractivity contribution < 1.29 is 4.42 Å². The fourth-order valence-electron chi connectivity index (χ4n) is 8.58. The standard InChI is InChI=1S/C48H40N2O/c1-3-11-33(12-4-1)34-19-25-38(26-20-34)49(37-13-5-2-6-14-37)39-27-21-35(22-28-39)36-23-29-40(30-24-36)50-44-17-9-7-16-43(44)47-45(50)32-31-42-41-15-8-10-18-46(41)51-48(42)47/h2-3,5-8,11-16,19-25,27-32,38H,1,4,9-10,17-18,26H2. The second kappa shape index (κ2) is 12.5. The van der Waals surface area contributed by atoms with Crippen LogP contribution in [0.1, 0.15) is 54.7 Å². The van der Waals surface area contributed by atoms with E-state index >= 15 is 0 Å². The van der Waals surface area contributed by atoms with Crippen molar-refractivity contribution in [2.45, 2.75) is 51.0 Å². The van der Waals surface area contributed by atoms with Crippen LogP contribution in [0.25, 0.3) is 50.8 Å². The Balaban J connectivity index is 0.966. The average Bonchev–Trinajstić information content (AvgIpc) is 3.75. The molecule has 0 bridgehead atoms. The number of anilines is 2. The van der Waals surface area contributed by atoms with E-state index in [0.717, 1.165) is 56.3 Å². The maximum absolute atomic E-state index is 6.61. The third kappa shape index (κ3) is 5.19. The third-order valence-corrected chi connectivity index (χ3v) is 11.1. The highest BCUT2D eigenvalue weighted by molar-refractivity contribution is 6.11. The Morgan fingerprint density at radius 2 is 1.33 bits per heavy atom. The summed E-state index contributed by atoms with van der Waals surface area (Å²) >= 11 is 0. The van der Waals surface area contributed by atoms with Crippen molar-refractivity contribution in [1.29, 1.82) is 0 Å². The molecule has 0 radical (unpaired) electrons. The highest BCUT2D eigenvalue weighted by Gasteiger charge is 2.25. The first-order valence-electron chi connectivity index (χ1n) is 18.6. The molecule has 10 rings (SSSR count). The smallest absolute Gasteiger partial charge is 0.144 e. The molecule has 0 aliphatic heterocycles. The lowest BCUT2D eigenvalue weighted by atomic mass is 9.92. The number of aromatic nitrogens is 1. The summed E-state index contributed by atoms with van der Waals surface area (Å²) in [7, 11) is 0. The van der Waals surface area contributed by atoms with Crippen molar-refractivity contribution in [2.24, 2.45) is 0 Å². The van der Waals surface area contributed by atoms with E-state index in [1.165, 1.54) is 72.4 Å². The van der Waals surface area contributed by atoms with E-state index in [-0.39, 0.29) is 6.04 Å². The minimum atomic E-state index is 0.246. The zero-order chi connectivity index (χ0) is 33.7. The van der Waals surface area contributed by atoms with Gasteiger partial charge in [0, 0.05) is 45.7 Å². The molecular formula is C48H40N2O. The van der Waals surface area contributed by atoms with E-state index in [9.17, 15) is 0 Å². The molecule has 0 saturated carbocycles. The number of rotatable bonds is 6. The molecule has 3 heteroatoms. The van der Waals surface area contributed by atoms with E-state index in [0.29, 0.717) is 0 Å². The lowest BCUT2D eigenvalue weighted by Gasteiger charge is -2.33. The van der Waals surface area contributed by atoms with Crippen molar-refractivity contribution in [3.63, 3.8) is 0 Å². The maximum Gasteiger partial charge on any atom is 0.144 e. The molecule has 0 amide bonds. The van der Waals surface area contributed by atoms with Gasteiger partial charge in [-0.15, -0.1) is 0 Å². The van der Waals surface area contributed by atoms with Crippen LogP contribution in [-0.4, -0.2) is 10.6 Å². The van der Waals surface area contributed by atoms with E-state index in [2.05, 4.69) is 161 Å².